The lowest BCUT2D eigenvalue weighted by molar-refractivity contribution is 0.589. The van der Waals surface area contributed by atoms with E-state index in [1.165, 1.54) is 50.5 Å². The largest absolute Gasteiger partial charge is 0.384 e. The molecule has 0 fully saturated rings. The molecule has 0 aliphatic heterocycles. The van der Waals surface area contributed by atoms with Gasteiger partial charge in [-0.1, -0.05) is 69.7 Å². The van der Waals surface area contributed by atoms with Gasteiger partial charge in [-0.05, 0) is 18.4 Å². The molecule has 1 aromatic rings. The van der Waals surface area contributed by atoms with E-state index >= 15 is 0 Å². The second kappa shape index (κ2) is 8.73. The fourth-order valence-electron chi connectivity index (χ4n) is 2.14. The number of aryl methyl sites for hydroxylation is 1. The van der Waals surface area contributed by atoms with Crippen LogP contribution in [0.2, 0.25) is 0 Å². The molecule has 0 amide bonds. The highest BCUT2D eigenvalue weighted by atomic mass is 14.7. The van der Waals surface area contributed by atoms with Gasteiger partial charge in [-0.25, -0.2) is 0 Å². The number of unbranched alkanes of at least 4 members (excludes halogenated alkanes) is 6. The van der Waals surface area contributed by atoms with Crippen LogP contribution in [0.15, 0.2) is 24.3 Å². The van der Waals surface area contributed by atoms with Crippen LogP contribution in [-0.4, -0.2) is 5.84 Å². The Kier molecular flexibility index (Phi) is 7.16. The molecule has 0 radical (unpaired) electrons. The molecule has 0 atom stereocenters. The molecule has 0 bridgehead atoms. The molecule has 2 nitrogen and oxygen atoms in total. The molecule has 1 rings (SSSR count). The van der Waals surface area contributed by atoms with E-state index < -0.39 is 0 Å². The molecule has 100 valence electrons. The Morgan fingerprint density at radius 3 is 2.06 bits per heavy atom. The Labute approximate surface area is 111 Å². The van der Waals surface area contributed by atoms with Gasteiger partial charge in [0.1, 0.15) is 5.84 Å². The number of hydrogen-bond donors (Lipinski definition) is 2. The summed E-state index contributed by atoms with van der Waals surface area (Å²) in [5, 5.41) is 7.33. The maximum Gasteiger partial charge on any atom is 0.122 e. The summed E-state index contributed by atoms with van der Waals surface area (Å²) in [6, 6.07) is 8.07. The Bertz CT molecular complexity index is 341. The summed E-state index contributed by atoms with van der Waals surface area (Å²) in [6.45, 7) is 2.25. The van der Waals surface area contributed by atoms with E-state index in [0.29, 0.717) is 0 Å². The van der Waals surface area contributed by atoms with E-state index in [-0.39, 0.29) is 5.84 Å². The first-order valence-electron chi connectivity index (χ1n) is 7.17. The minimum Gasteiger partial charge on any atom is -0.384 e. The highest BCUT2D eigenvalue weighted by Crippen LogP contribution is 2.11. The number of nitrogens with one attached hydrogen (secondary N) is 1. The van der Waals surface area contributed by atoms with E-state index in [9.17, 15) is 0 Å². The number of nitrogens with two attached hydrogens (primary N) is 1. The van der Waals surface area contributed by atoms with Gasteiger partial charge in [0.15, 0.2) is 0 Å². The Balaban J connectivity index is 2.14. The monoisotopic (exact) mass is 246 g/mol. The first-order chi connectivity index (χ1) is 8.74. The normalized spacial score (nSPS) is 10.5. The van der Waals surface area contributed by atoms with Crippen LogP contribution in [0, 0.1) is 5.41 Å². The molecule has 0 aromatic heterocycles. The van der Waals surface area contributed by atoms with Crippen LogP contribution in [0.1, 0.15) is 63.0 Å². The van der Waals surface area contributed by atoms with Crippen LogP contribution >= 0.6 is 0 Å². The lowest BCUT2D eigenvalue weighted by Gasteiger charge is -2.04. The third-order valence-corrected chi connectivity index (χ3v) is 3.33. The Morgan fingerprint density at radius 2 is 1.50 bits per heavy atom. The molecule has 2 heteroatoms. The van der Waals surface area contributed by atoms with Crippen LogP contribution in [0.4, 0.5) is 0 Å². The molecule has 0 aliphatic carbocycles. The summed E-state index contributed by atoms with van der Waals surface area (Å²) >= 11 is 0. The van der Waals surface area contributed by atoms with Gasteiger partial charge in [0.2, 0.25) is 0 Å². The van der Waals surface area contributed by atoms with Gasteiger partial charge >= 0.3 is 0 Å². The number of amidine groups is 1. The van der Waals surface area contributed by atoms with Crippen molar-refractivity contribution in [3.63, 3.8) is 0 Å². The molecule has 0 spiro atoms. The summed E-state index contributed by atoms with van der Waals surface area (Å²) in [7, 11) is 0. The standard InChI is InChI=1S/C16H26N2/c1-2-3-4-5-6-7-8-9-14-10-12-15(13-11-14)16(17)18/h10-13H,2-9H2,1H3,(H3,17,18). The second-order valence-corrected chi connectivity index (χ2v) is 4.98. The molecule has 0 unspecified atom stereocenters. The van der Waals surface area contributed by atoms with Crippen molar-refractivity contribution in [3.8, 4) is 0 Å². The van der Waals surface area contributed by atoms with Crippen LogP contribution in [0.3, 0.4) is 0 Å². The van der Waals surface area contributed by atoms with E-state index in [4.69, 9.17) is 11.1 Å². The third-order valence-electron chi connectivity index (χ3n) is 3.33. The van der Waals surface area contributed by atoms with Crippen LogP contribution in [-0.2, 0) is 6.42 Å². The van der Waals surface area contributed by atoms with Crippen molar-refractivity contribution in [3.05, 3.63) is 35.4 Å². The zero-order valence-corrected chi connectivity index (χ0v) is 11.5. The summed E-state index contributed by atoms with van der Waals surface area (Å²) in [5.74, 6) is 0.150. The fraction of sp³-hybridized carbons (Fsp3) is 0.562. The first kappa shape index (κ1) is 14.7. The van der Waals surface area contributed by atoms with E-state index in [2.05, 4.69) is 19.1 Å². The van der Waals surface area contributed by atoms with E-state index in [0.717, 1.165) is 12.0 Å². The van der Waals surface area contributed by atoms with Crippen LogP contribution < -0.4 is 5.73 Å². The van der Waals surface area contributed by atoms with Gasteiger partial charge in [-0.15, -0.1) is 0 Å². The topological polar surface area (TPSA) is 49.9 Å². The molecule has 3 N–H and O–H groups in total. The highest BCUT2D eigenvalue weighted by Gasteiger charge is 1.97. The minimum absolute atomic E-state index is 0.150. The minimum atomic E-state index is 0.150. The molecule has 0 saturated carbocycles. The van der Waals surface area contributed by atoms with Crippen LogP contribution in [0.25, 0.3) is 0 Å². The van der Waals surface area contributed by atoms with Gasteiger partial charge < -0.3 is 5.73 Å². The number of rotatable bonds is 9. The highest BCUT2D eigenvalue weighted by molar-refractivity contribution is 5.94. The van der Waals surface area contributed by atoms with Crippen LogP contribution in [0.5, 0.6) is 0 Å². The zero-order chi connectivity index (χ0) is 13.2. The van der Waals surface area contributed by atoms with Gasteiger partial charge in [-0.3, -0.25) is 5.41 Å². The van der Waals surface area contributed by atoms with Gasteiger partial charge in [0.25, 0.3) is 0 Å². The number of hydrogen-bond acceptors (Lipinski definition) is 1. The Hall–Kier alpha value is -1.31. The van der Waals surface area contributed by atoms with Crippen molar-refractivity contribution in [2.45, 2.75) is 58.3 Å². The smallest absolute Gasteiger partial charge is 0.122 e. The third kappa shape index (κ3) is 5.85. The van der Waals surface area contributed by atoms with Crippen molar-refractivity contribution < 1.29 is 0 Å². The SMILES string of the molecule is CCCCCCCCCc1ccc(C(=N)N)cc1. The lowest BCUT2D eigenvalue weighted by atomic mass is 10.0. The van der Waals surface area contributed by atoms with Crippen molar-refractivity contribution in [2.24, 2.45) is 5.73 Å². The zero-order valence-electron chi connectivity index (χ0n) is 11.5. The molecule has 1 aromatic carbocycles. The molecular formula is C16H26N2. The molecular weight excluding hydrogens is 220 g/mol. The maximum absolute atomic E-state index is 7.33. The van der Waals surface area contributed by atoms with Crippen molar-refractivity contribution in [1.29, 1.82) is 5.41 Å². The predicted octanol–water partition coefficient (Wildman–Crippen LogP) is 4.26. The maximum atomic E-state index is 7.33. The molecule has 0 heterocycles. The summed E-state index contributed by atoms with van der Waals surface area (Å²) in [4.78, 5) is 0. The summed E-state index contributed by atoms with van der Waals surface area (Å²) in [5.41, 5.74) is 7.60. The van der Waals surface area contributed by atoms with Crippen molar-refractivity contribution >= 4 is 5.84 Å². The first-order valence-corrected chi connectivity index (χ1v) is 7.17. The van der Waals surface area contributed by atoms with E-state index in [1.54, 1.807) is 0 Å². The van der Waals surface area contributed by atoms with Gasteiger partial charge in [0, 0.05) is 5.56 Å². The second-order valence-electron chi connectivity index (χ2n) is 4.98. The lowest BCUT2D eigenvalue weighted by Crippen LogP contribution is -2.10. The average molecular weight is 246 g/mol. The average Bonchev–Trinajstić information content (AvgIpc) is 2.38. The van der Waals surface area contributed by atoms with E-state index in [1.807, 2.05) is 12.1 Å². The molecule has 18 heavy (non-hydrogen) atoms. The molecule has 0 saturated heterocycles. The quantitative estimate of drug-likeness (QED) is 0.382. The van der Waals surface area contributed by atoms with Crippen molar-refractivity contribution in [2.75, 3.05) is 0 Å². The van der Waals surface area contributed by atoms with Gasteiger partial charge in [0.05, 0.1) is 0 Å². The van der Waals surface area contributed by atoms with Gasteiger partial charge in [-0.2, -0.15) is 0 Å². The fourth-order valence-corrected chi connectivity index (χ4v) is 2.14. The number of nitrogen functional groups attached to an aromatic ring is 1. The summed E-state index contributed by atoms with van der Waals surface area (Å²) in [6.07, 6.45) is 10.6. The number of benzene rings is 1. The molecule has 0 aliphatic rings. The predicted molar refractivity (Wildman–Crippen MR) is 79.2 cm³/mol. The summed E-state index contributed by atoms with van der Waals surface area (Å²) < 4.78 is 0. The Morgan fingerprint density at radius 1 is 0.944 bits per heavy atom. The van der Waals surface area contributed by atoms with Crippen molar-refractivity contribution in [1.82, 2.24) is 0 Å².